The van der Waals surface area contributed by atoms with Gasteiger partial charge in [-0.15, -0.1) is 0 Å². The first-order chi connectivity index (χ1) is 12.2. The summed E-state index contributed by atoms with van der Waals surface area (Å²) in [7, 11) is 0. The lowest BCUT2D eigenvalue weighted by atomic mass is 10.0. The summed E-state index contributed by atoms with van der Waals surface area (Å²) >= 11 is 0. The van der Waals surface area contributed by atoms with Crippen molar-refractivity contribution in [2.75, 3.05) is 0 Å². The average Bonchev–Trinajstić information content (AvgIpc) is 2.65. The Kier molecular flexibility index (Phi) is 6.13. The SMILES string of the molecule is C[C@H](CCCCc1ccccc1)NCc1ccc2cncc(F)c2c1. The molecule has 3 heteroatoms. The van der Waals surface area contributed by atoms with E-state index in [4.69, 9.17) is 0 Å². The Morgan fingerprint density at radius 3 is 2.68 bits per heavy atom. The van der Waals surface area contributed by atoms with Crippen molar-refractivity contribution in [3.63, 3.8) is 0 Å². The third-order valence-corrected chi connectivity index (χ3v) is 4.63. The number of aryl methyl sites for hydroxylation is 1. The van der Waals surface area contributed by atoms with E-state index in [2.05, 4.69) is 47.6 Å². The molecule has 0 saturated heterocycles. The van der Waals surface area contributed by atoms with E-state index in [1.54, 1.807) is 6.20 Å². The summed E-state index contributed by atoms with van der Waals surface area (Å²) in [5.41, 5.74) is 2.52. The summed E-state index contributed by atoms with van der Waals surface area (Å²) in [4.78, 5) is 3.89. The van der Waals surface area contributed by atoms with E-state index in [1.807, 2.05) is 18.2 Å². The van der Waals surface area contributed by atoms with E-state index >= 15 is 0 Å². The van der Waals surface area contributed by atoms with Gasteiger partial charge in [-0.25, -0.2) is 4.39 Å². The summed E-state index contributed by atoms with van der Waals surface area (Å²) in [6.07, 6.45) is 7.69. The molecule has 1 N–H and O–H groups in total. The third-order valence-electron chi connectivity index (χ3n) is 4.63. The van der Waals surface area contributed by atoms with Crippen LogP contribution in [0.25, 0.3) is 10.8 Å². The largest absolute Gasteiger partial charge is 0.310 e. The van der Waals surface area contributed by atoms with Gasteiger partial charge in [0.2, 0.25) is 0 Å². The van der Waals surface area contributed by atoms with Crippen molar-refractivity contribution in [1.29, 1.82) is 0 Å². The van der Waals surface area contributed by atoms with Crippen molar-refractivity contribution in [1.82, 2.24) is 10.3 Å². The molecule has 130 valence electrons. The molecule has 0 aliphatic carbocycles. The Bertz CT molecular complexity index is 801. The zero-order valence-electron chi connectivity index (χ0n) is 14.7. The van der Waals surface area contributed by atoms with Crippen LogP contribution in [0.1, 0.15) is 37.3 Å². The van der Waals surface area contributed by atoms with Crippen LogP contribution in [0.15, 0.2) is 60.9 Å². The molecule has 1 heterocycles. The second-order valence-corrected chi connectivity index (χ2v) is 6.69. The van der Waals surface area contributed by atoms with E-state index in [-0.39, 0.29) is 5.82 Å². The summed E-state index contributed by atoms with van der Waals surface area (Å²) < 4.78 is 13.8. The molecule has 0 bridgehead atoms. The molecule has 0 aliphatic heterocycles. The zero-order valence-corrected chi connectivity index (χ0v) is 14.7. The van der Waals surface area contributed by atoms with Crippen LogP contribution < -0.4 is 5.32 Å². The van der Waals surface area contributed by atoms with Crippen LogP contribution in [0.3, 0.4) is 0 Å². The highest BCUT2D eigenvalue weighted by Gasteiger charge is 2.05. The fourth-order valence-electron chi connectivity index (χ4n) is 3.10. The molecule has 0 spiro atoms. The number of pyridine rings is 1. The molecular weight excluding hydrogens is 311 g/mol. The van der Waals surface area contributed by atoms with Gasteiger partial charge in [-0.3, -0.25) is 4.98 Å². The number of aromatic nitrogens is 1. The van der Waals surface area contributed by atoms with Gasteiger partial charge in [0.25, 0.3) is 0 Å². The summed E-state index contributed by atoms with van der Waals surface area (Å²) in [5.74, 6) is -0.256. The lowest BCUT2D eigenvalue weighted by Gasteiger charge is -2.14. The summed E-state index contributed by atoms with van der Waals surface area (Å²) in [5, 5.41) is 5.03. The van der Waals surface area contributed by atoms with Gasteiger partial charge in [0.05, 0.1) is 6.20 Å². The number of unbranched alkanes of at least 4 members (excludes halogenated alkanes) is 1. The summed E-state index contributed by atoms with van der Waals surface area (Å²) in [6.45, 7) is 2.98. The second-order valence-electron chi connectivity index (χ2n) is 6.69. The van der Waals surface area contributed by atoms with Crippen molar-refractivity contribution < 1.29 is 4.39 Å². The third kappa shape index (κ3) is 5.10. The molecule has 1 aromatic heterocycles. The first kappa shape index (κ1) is 17.6. The molecule has 0 aliphatic rings. The molecule has 0 saturated carbocycles. The minimum Gasteiger partial charge on any atom is -0.310 e. The molecule has 0 fully saturated rings. The van der Waals surface area contributed by atoms with Crippen LogP contribution in [-0.2, 0) is 13.0 Å². The number of halogens is 1. The molecule has 1 atom stereocenters. The number of nitrogens with one attached hydrogen (secondary N) is 1. The molecule has 0 radical (unpaired) electrons. The minimum atomic E-state index is -0.256. The number of nitrogens with zero attached hydrogens (tertiary/aromatic N) is 1. The zero-order chi connectivity index (χ0) is 17.5. The monoisotopic (exact) mass is 336 g/mol. The molecule has 0 unspecified atom stereocenters. The number of benzene rings is 2. The first-order valence-electron chi connectivity index (χ1n) is 9.02. The molecule has 2 aromatic carbocycles. The molecule has 2 nitrogen and oxygen atoms in total. The predicted molar refractivity (Wildman–Crippen MR) is 102 cm³/mol. The average molecular weight is 336 g/mol. The predicted octanol–water partition coefficient (Wildman–Crippen LogP) is 5.27. The lowest BCUT2D eigenvalue weighted by molar-refractivity contribution is 0.489. The van der Waals surface area contributed by atoms with E-state index in [0.29, 0.717) is 11.4 Å². The molecule has 0 amide bonds. The molecule has 25 heavy (non-hydrogen) atoms. The highest BCUT2D eigenvalue weighted by atomic mass is 19.1. The minimum absolute atomic E-state index is 0.256. The van der Waals surface area contributed by atoms with Gasteiger partial charge in [-0.05, 0) is 43.4 Å². The summed E-state index contributed by atoms with van der Waals surface area (Å²) in [6, 6.07) is 17.0. The van der Waals surface area contributed by atoms with Crippen LogP contribution >= 0.6 is 0 Å². The Labute approximate surface area is 149 Å². The van der Waals surface area contributed by atoms with Crippen LogP contribution in [0.2, 0.25) is 0 Å². The van der Waals surface area contributed by atoms with Gasteiger partial charge in [-0.1, -0.05) is 48.9 Å². The molecule has 3 rings (SSSR count). The van der Waals surface area contributed by atoms with Crippen LogP contribution in [0.4, 0.5) is 4.39 Å². The Morgan fingerprint density at radius 1 is 1.00 bits per heavy atom. The van der Waals surface area contributed by atoms with Gasteiger partial charge >= 0.3 is 0 Å². The maximum absolute atomic E-state index is 13.8. The normalized spacial score (nSPS) is 12.4. The maximum atomic E-state index is 13.8. The number of hydrogen-bond acceptors (Lipinski definition) is 2. The second kappa shape index (κ2) is 8.72. The van der Waals surface area contributed by atoms with E-state index in [1.165, 1.54) is 24.6 Å². The van der Waals surface area contributed by atoms with E-state index in [0.717, 1.165) is 30.3 Å². The van der Waals surface area contributed by atoms with Crippen molar-refractivity contribution in [3.05, 3.63) is 77.9 Å². The van der Waals surface area contributed by atoms with Gasteiger partial charge in [0.1, 0.15) is 5.82 Å². The van der Waals surface area contributed by atoms with E-state index < -0.39 is 0 Å². The number of fused-ring (bicyclic) bond motifs is 1. The van der Waals surface area contributed by atoms with Crippen molar-refractivity contribution in [2.45, 2.75) is 45.2 Å². The van der Waals surface area contributed by atoms with E-state index in [9.17, 15) is 4.39 Å². The standard InChI is InChI=1S/C22H25FN2/c1-17(7-5-6-10-18-8-3-2-4-9-18)25-14-19-11-12-20-15-24-16-22(23)21(20)13-19/h2-4,8-9,11-13,15-17,25H,5-7,10,14H2,1H3/t17-/m1/s1. The Morgan fingerprint density at radius 2 is 1.84 bits per heavy atom. The highest BCUT2D eigenvalue weighted by molar-refractivity contribution is 5.82. The fourth-order valence-corrected chi connectivity index (χ4v) is 3.10. The highest BCUT2D eigenvalue weighted by Crippen LogP contribution is 2.18. The smallest absolute Gasteiger partial charge is 0.149 e. The number of hydrogen-bond donors (Lipinski definition) is 1. The maximum Gasteiger partial charge on any atom is 0.149 e. The van der Waals surface area contributed by atoms with Crippen molar-refractivity contribution in [2.24, 2.45) is 0 Å². The lowest BCUT2D eigenvalue weighted by Crippen LogP contribution is -2.25. The number of rotatable bonds is 8. The molecule has 3 aromatic rings. The van der Waals surface area contributed by atoms with Crippen LogP contribution in [0.5, 0.6) is 0 Å². The fraction of sp³-hybridized carbons (Fsp3) is 0.318. The van der Waals surface area contributed by atoms with Gasteiger partial charge in [-0.2, -0.15) is 0 Å². The van der Waals surface area contributed by atoms with Gasteiger partial charge < -0.3 is 5.32 Å². The van der Waals surface area contributed by atoms with Crippen LogP contribution in [0, 0.1) is 5.82 Å². The topological polar surface area (TPSA) is 24.9 Å². The first-order valence-corrected chi connectivity index (χ1v) is 9.02. The van der Waals surface area contributed by atoms with Crippen molar-refractivity contribution in [3.8, 4) is 0 Å². The molecular formula is C22H25FN2. The Hall–Kier alpha value is -2.26. The van der Waals surface area contributed by atoms with Gasteiger partial charge in [0.15, 0.2) is 0 Å². The quantitative estimate of drug-likeness (QED) is 0.567. The van der Waals surface area contributed by atoms with Crippen LogP contribution in [-0.4, -0.2) is 11.0 Å². The van der Waals surface area contributed by atoms with Gasteiger partial charge in [0, 0.05) is 29.6 Å². The Balaban J connectivity index is 1.43. The van der Waals surface area contributed by atoms with Crippen molar-refractivity contribution >= 4 is 10.8 Å².